The van der Waals surface area contributed by atoms with Crippen LogP contribution in [0.25, 0.3) is 11.0 Å². The third kappa shape index (κ3) is 0.887. The van der Waals surface area contributed by atoms with Crippen LogP contribution < -0.4 is 0 Å². The summed E-state index contributed by atoms with van der Waals surface area (Å²) in [7, 11) is 0. The van der Waals surface area contributed by atoms with Gasteiger partial charge in [-0.2, -0.15) is 10.2 Å². The standard InChI is InChI=1S/C8H6N2O2/c1-5-8-6(3-9-10-5)2-7(4-11)12-8/h2-4H,1H3. The number of aldehydes is 1. The van der Waals surface area contributed by atoms with Crippen LogP contribution in [-0.2, 0) is 0 Å². The molecule has 0 bridgehead atoms. The van der Waals surface area contributed by atoms with E-state index in [0.29, 0.717) is 23.3 Å². The van der Waals surface area contributed by atoms with Crippen LogP contribution in [0.1, 0.15) is 16.2 Å². The van der Waals surface area contributed by atoms with Crippen LogP contribution in [0.4, 0.5) is 0 Å². The maximum atomic E-state index is 10.4. The summed E-state index contributed by atoms with van der Waals surface area (Å²) in [6.07, 6.45) is 2.23. The van der Waals surface area contributed by atoms with Crippen molar-refractivity contribution in [2.45, 2.75) is 6.92 Å². The number of nitrogens with zero attached hydrogens (tertiary/aromatic N) is 2. The molecule has 0 saturated heterocycles. The maximum absolute atomic E-state index is 10.4. The van der Waals surface area contributed by atoms with E-state index in [4.69, 9.17) is 4.42 Å². The second kappa shape index (κ2) is 2.41. The minimum Gasteiger partial charge on any atom is -0.451 e. The molecule has 2 heterocycles. The lowest BCUT2D eigenvalue weighted by molar-refractivity contribution is 0.110. The first-order valence-corrected chi connectivity index (χ1v) is 3.48. The normalized spacial score (nSPS) is 10.4. The summed E-state index contributed by atoms with van der Waals surface area (Å²) in [5, 5.41) is 8.34. The number of carbonyl (C=O) groups is 1. The molecule has 0 unspecified atom stereocenters. The van der Waals surface area contributed by atoms with Crippen molar-refractivity contribution >= 4 is 17.3 Å². The molecule has 4 heteroatoms. The van der Waals surface area contributed by atoms with Gasteiger partial charge in [0, 0.05) is 5.39 Å². The Morgan fingerprint density at radius 3 is 3.08 bits per heavy atom. The van der Waals surface area contributed by atoms with Crippen LogP contribution in [0, 0.1) is 6.92 Å². The van der Waals surface area contributed by atoms with E-state index in [-0.39, 0.29) is 0 Å². The summed E-state index contributed by atoms with van der Waals surface area (Å²) in [5.74, 6) is 0.308. The summed E-state index contributed by atoms with van der Waals surface area (Å²) >= 11 is 0. The number of furan rings is 1. The highest BCUT2D eigenvalue weighted by Gasteiger charge is 2.05. The van der Waals surface area contributed by atoms with Gasteiger partial charge in [-0.15, -0.1) is 0 Å². The summed E-state index contributed by atoms with van der Waals surface area (Å²) < 4.78 is 5.18. The minimum absolute atomic E-state index is 0.308. The zero-order chi connectivity index (χ0) is 8.55. The third-order valence-electron chi connectivity index (χ3n) is 1.63. The van der Waals surface area contributed by atoms with E-state index < -0.39 is 0 Å². The van der Waals surface area contributed by atoms with Gasteiger partial charge in [-0.25, -0.2) is 0 Å². The third-order valence-corrected chi connectivity index (χ3v) is 1.63. The molecule has 0 aliphatic heterocycles. The summed E-state index contributed by atoms with van der Waals surface area (Å²) in [4.78, 5) is 10.4. The molecule has 60 valence electrons. The van der Waals surface area contributed by atoms with E-state index in [0.717, 1.165) is 5.39 Å². The van der Waals surface area contributed by atoms with Crippen LogP contribution >= 0.6 is 0 Å². The smallest absolute Gasteiger partial charge is 0.185 e. The van der Waals surface area contributed by atoms with Crippen LogP contribution in [0.5, 0.6) is 0 Å². The number of aromatic nitrogens is 2. The fourth-order valence-electron chi connectivity index (χ4n) is 1.08. The van der Waals surface area contributed by atoms with E-state index in [1.807, 2.05) is 0 Å². The van der Waals surface area contributed by atoms with Crippen molar-refractivity contribution in [3.05, 3.63) is 23.7 Å². The molecule has 2 aromatic heterocycles. The molecule has 0 saturated carbocycles. The Kier molecular flexibility index (Phi) is 1.40. The molecule has 0 atom stereocenters. The predicted molar refractivity (Wildman–Crippen MR) is 41.9 cm³/mol. The SMILES string of the molecule is Cc1nncc2cc(C=O)oc12. The van der Waals surface area contributed by atoms with Crippen molar-refractivity contribution < 1.29 is 9.21 Å². The lowest BCUT2D eigenvalue weighted by Gasteiger charge is -1.88. The van der Waals surface area contributed by atoms with Gasteiger partial charge in [0.2, 0.25) is 0 Å². The summed E-state index contributed by atoms with van der Waals surface area (Å²) in [6, 6.07) is 1.64. The molecule has 0 spiro atoms. The highest BCUT2D eigenvalue weighted by molar-refractivity contribution is 5.85. The van der Waals surface area contributed by atoms with Gasteiger partial charge in [0.1, 0.15) is 5.69 Å². The van der Waals surface area contributed by atoms with Gasteiger partial charge in [-0.1, -0.05) is 0 Å². The van der Waals surface area contributed by atoms with Crippen molar-refractivity contribution in [1.82, 2.24) is 10.2 Å². The average molecular weight is 162 g/mol. The second-order valence-corrected chi connectivity index (χ2v) is 2.48. The summed E-state index contributed by atoms with van der Waals surface area (Å²) in [6.45, 7) is 1.79. The fraction of sp³-hybridized carbons (Fsp3) is 0.125. The Morgan fingerprint density at radius 1 is 1.58 bits per heavy atom. The zero-order valence-corrected chi connectivity index (χ0v) is 6.44. The number of rotatable bonds is 1. The first-order chi connectivity index (χ1) is 5.81. The fourth-order valence-corrected chi connectivity index (χ4v) is 1.08. The molecular weight excluding hydrogens is 156 g/mol. The van der Waals surface area contributed by atoms with Crippen LogP contribution in [0.2, 0.25) is 0 Å². The summed E-state index contributed by atoms with van der Waals surface area (Å²) in [5.41, 5.74) is 1.33. The van der Waals surface area contributed by atoms with E-state index in [2.05, 4.69) is 10.2 Å². The van der Waals surface area contributed by atoms with Gasteiger partial charge in [0.25, 0.3) is 0 Å². The molecule has 0 amide bonds. The molecule has 0 radical (unpaired) electrons. The number of aryl methyl sites for hydroxylation is 1. The molecule has 2 aromatic rings. The number of fused-ring (bicyclic) bond motifs is 1. The van der Waals surface area contributed by atoms with Gasteiger partial charge in [-0.3, -0.25) is 4.79 Å². The predicted octanol–water partition coefficient (Wildman–Crippen LogP) is 1.34. The number of hydrogen-bond acceptors (Lipinski definition) is 4. The first kappa shape index (κ1) is 6.97. The molecule has 2 rings (SSSR count). The Labute approximate surface area is 68.2 Å². The largest absolute Gasteiger partial charge is 0.451 e. The molecule has 0 N–H and O–H groups in total. The first-order valence-electron chi connectivity index (χ1n) is 3.48. The lowest BCUT2D eigenvalue weighted by atomic mass is 10.3. The molecule has 0 aliphatic rings. The van der Waals surface area contributed by atoms with E-state index >= 15 is 0 Å². The Morgan fingerprint density at radius 2 is 2.42 bits per heavy atom. The van der Waals surface area contributed by atoms with Crippen LogP contribution in [0.3, 0.4) is 0 Å². The molecule has 0 aromatic carbocycles. The molecule has 0 aliphatic carbocycles. The van der Waals surface area contributed by atoms with Gasteiger partial charge in [0.15, 0.2) is 17.6 Å². The Balaban J connectivity index is 2.82. The van der Waals surface area contributed by atoms with Crippen molar-refractivity contribution in [1.29, 1.82) is 0 Å². The topological polar surface area (TPSA) is 56.0 Å². The second-order valence-electron chi connectivity index (χ2n) is 2.48. The lowest BCUT2D eigenvalue weighted by Crippen LogP contribution is -1.83. The number of carbonyl (C=O) groups excluding carboxylic acids is 1. The molecule has 4 nitrogen and oxygen atoms in total. The Hall–Kier alpha value is -1.71. The highest BCUT2D eigenvalue weighted by Crippen LogP contribution is 2.18. The van der Waals surface area contributed by atoms with Crippen molar-refractivity contribution in [2.24, 2.45) is 0 Å². The van der Waals surface area contributed by atoms with E-state index in [1.54, 1.807) is 19.2 Å². The van der Waals surface area contributed by atoms with Crippen molar-refractivity contribution in [2.75, 3.05) is 0 Å². The van der Waals surface area contributed by atoms with Gasteiger partial charge < -0.3 is 4.42 Å². The average Bonchev–Trinajstić information content (AvgIpc) is 2.49. The van der Waals surface area contributed by atoms with E-state index in [1.165, 1.54) is 0 Å². The van der Waals surface area contributed by atoms with Crippen LogP contribution in [-0.4, -0.2) is 16.5 Å². The van der Waals surface area contributed by atoms with Gasteiger partial charge in [-0.05, 0) is 13.0 Å². The molecule has 0 fully saturated rings. The maximum Gasteiger partial charge on any atom is 0.185 e. The Bertz CT molecular complexity index is 434. The van der Waals surface area contributed by atoms with E-state index in [9.17, 15) is 4.79 Å². The monoisotopic (exact) mass is 162 g/mol. The molecule has 12 heavy (non-hydrogen) atoms. The van der Waals surface area contributed by atoms with Crippen LogP contribution in [0.15, 0.2) is 16.7 Å². The minimum atomic E-state index is 0.308. The van der Waals surface area contributed by atoms with Crippen molar-refractivity contribution in [3.63, 3.8) is 0 Å². The van der Waals surface area contributed by atoms with Gasteiger partial charge in [0.05, 0.1) is 6.20 Å². The highest BCUT2D eigenvalue weighted by atomic mass is 16.3. The number of hydrogen-bond donors (Lipinski definition) is 0. The zero-order valence-electron chi connectivity index (χ0n) is 6.44. The molecular formula is C8H6N2O2. The van der Waals surface area contributed by atoms with Gasteiger partial charge >= 0.3 is 0 Å². The quantitative estimate of drug-likeness (QED) is 0.594. The van der Waals surface area contributed by atoms with Crippen molar-refractivity contribution in [3.8, 4) is 0 Å².